The highest BCUT2D eigenvalue weighted by atomic mass is 19.1. The van der Waals surface area contributed by atoms with Gasteiger partial charge in [0.25, 0.3) is 0 Å². The fraction of sp³-hybridized carbons (Fsp3) is 0.538. The topological polar surface area (TPSA) is 32.7 Å². The maximum atomic E-state index is 13.1. The molecule has 0 unspecified atom stereocenters. The third-order valence-corrected chi connectivity index (χ3v) is 3.22. The zero-order chi connectivity index (χ0) is 12.5. The molecule has 3 nitrogen and oxygen atoms in total. The minimum Gasteiger partial charge on any atom is -0.508 e. The van der Waals surface area contributed by atoms with Gasteiger partial charge in [-0.15, -0.1) is 0 Å². The Kier molecular flexibility index (Phi) is 3.35. The van der Waals surface area contributed by atoms with E-state index in [1.807, 2.05) is 0 Å². The number of hydrogen-bond acceptors (Lipinski definition) is 3. The van der Waals surface area contributed by atoms with Crippen molar-refractivity contribution in [2.75, 3.05) is 19.8 Å². The molecule has 94 valence electrons. The molecule has 1 saturated heterocycles. The van der Waals surface area contributed by atoms with Crippen LogP contribution in [-0.2, 0) is 11.3 Å². The Morgan fingerprint density at radius 2 is 2.24 bits per heavy atom. The summed E-state index contributed by atoms with van der Waals surface area (Å²) in [5.74, 6) is -0.169. The SMILES string of the molecule is CC1(C)COCCN1Cc1cc(F)ccc1O. The Labute approximate surface area is 101 Å². The summed E-state index contributed by atoms with van der Waals surface area (Å²) in [7, 11) is 0. The van der Waals surface area contributed by atoms with Crippen LogP contribution in [0.1, 0.15) is 19.4 Å². The highest BCUT2D eigenvalue weighted by Gasteiger charge is 2.30. The van der Waals surface area contributed by atoms with Crippen LogP contribution < -0.4 is 0 Å². The number of phenolic OH excluding ortho intramolecular Hbond substituents is 1. The molecular weight excluding hydrogens is 221 g/mol. The quantitative estimate of drug-likeness (QED) is 0.858. The highest BCUT2D eigenvalue weighted by molar-refractivity contribution is 5.32. The molecule has 1 aromatic rings. The average molecular weight is 239 g/mol. The lowest BCUT2D eigenvalue weighted by molar-refractivity contribution is -0.0555. The second-order valence-electron chi connectivity index (χ2n) is 5.06. The van der Waals surface area contributed by atoms with Gasteiger partial charge in [-0.1, -0.05) is 0 Å². The zero-order valence-electron chi connectivity index (χ0n) is 10.2. The number of phenols is 1. The third kappa shape index (κ3) is 2.76. The Balaban J connectivity index is 2.16. The lowest BCUT2D eigenvalue weighted by Crippen LogP contribution is -2.52. The van der Waals surface area contributed by atoms with E-state index < -0.39 is 0 Å². The van der Waals surface area contributed by atoms with Crippen molar-refractivity contribution in [2.24, 2.45) is 0 Å². The maximum Gasteiger partial charge on any atom is 0.123 e. The summed E-state index contributed by atoms with van der Waals surface area (Å²) in [6.45, 7) is 6.84. The number of benzene rings is 1. The van der Waals surface area contributed by atoms with Gasteiger partial charge < -0.3 is 9.84 Å². The van der Waals surface area contributed by atoms with Crippen molar-refractivity contribution in [3.8, 4) is 5.75 Å². The Morgan fingerprint density at radius 1 is 1.47 bits per heavy atom. The molecule has 0 spiro atoms. The van der Waals surface area contributed by atoms with Crippen LogP contribution in [0, 0.1) is 5.82 Å². The van der Waals surface area contributed by atoms with Crippen LogP contribution in [-0.4, -0.2) is 35.3 Å². The van der Waals surface area contributed by atoms with Crippen LogP contribution in [0.25, 0.3) is 0 Å². The minimum atomic E-state index is -0.316. The first kappa shape index (κ1) is 12.3. The molecule has 0 radical (unpaired) electrons. The molecule has 1 N–H and O–H groups in total. The number of halogens is 1. The summed E-state index contributed by atoms with van der Waals surface area (Å²) in [5, 5.41) is 9.71. The van der Waals surface area contributed by atoms with Gasteiger partial charge in [-0.05, 0) is 32.0 Å². The van der Waals surface area contributed by atoms with E-state index >= 15 is 0 Å². The average Bonchev–Trinajstić information content (AvgIpc) is 2.26. The first-order valence-electron chi connectivity index (χ1n) is 5.79. The van der Waals surface area contributed by atoms with Crippen LogP contribution in [0.15, 0.2) is 18.2 Å². The number of aromatic hydroxyl groups is 1. The summed E-state index contributed by atoms with van der Waals surface area (Å²) in [6, 6.07) is 4.06. The molecule has 1 aromatic carbocycles. The van der Waals surface area contributed by atoms with Crippen LogP contribution in [0.3, 0.4) is 0 Å². The van der Waals surface area contributed by atoms with Gasteiger partial charge in [-0.25, -0.2) is 4.39 Å². The van der Waals surface area contributed by atoms with Crippen molar-refractivity contribution >= 4 is 0 Å². The predicted molar refractivity (Wildman–Crippen MR) is 63.4 cm³/mol. The van der Waals surface area contributed by atoms with Crippen molar-refractivity contribution in [3.05, 3.63) is 29.6 Å². The van der Waals surface area contributed by atoms with E-state index in [1.165, 1.54) is 18.2 Å². The molecule has 1 aliphatic rings. The fourth-order valence-corrected chi connectivity index (χ4v) is 2.07. The molecule has 2 rings (SSSR count). The number of nitrogens with zero attached hydrogens (tertiary/aromatic N) is 1. The minimum absolute atomic E-state index is 0.0863. The van der Waals surface area contributed by atoms with Crippen LogP contribution >= 0.6 is 0 Å². The Morgan fingerprint density at radius 3 is 2.94 bits per heavy atom. The Bertz CT molecular complexity index is 406. The standard InChI is InChI=1S/C13H18FNO2/c1-13(2)9-17-6-5-15(13)8-10-7-11(14)3-4-12(10)16/h3-4,7,16H,5-6,8-9H2,1-2H3. The summed E-state index contributed by atoms with van der Waals surface area (Å²) in [4.78, 5) is 2.20. The number of morpholine rings is 1. The third-order valence-electron chi connectivity index (χ3n) is 3.22. The maximum absolute atomic E-state index is 13.1. The van der Waals surface area contributed by atoms with Crippen LogP contribution in [0.4, 0.5) is 4.39 Å². The number of hydrogen-bond donors (Lipinski definition) is 1. The summed E-state index contributed by atoms with van der Waals surface area (Å²) < 4.78 is 18.6. The van der Waals surface area contributed by atoms with Gasteiger partial charge in [0, 0.05) is 24.2 Å². The van der Waals surface area contributed by atoms with Gasteiger partial charge in [0.1, 0.15) is 11.6 Å². The summed E-state index contributed by atoms with van der Waals surface area (Å²) >= 11 is 0. The molecule has 1 fully saturated rings. The lowest BCUT2D eigenvalue weighted by Gasteiger charge is -2.42. The van der Waals surface area contributed by atoms with Gasteiger partial charge in [0.15, 0.2) is 0 Å². The summed E-state index contributed by atoms with van der Waals surface area (Å²) in [5.41, 5.74) is 0.539. The normalized spacial score (nSPS) is 20.4. The van der Waals surface area contributed by atoms with Crippen molar-refractivity contribution in [2.45, 2.75) is 25.9 Å². The summed E-state index contributed by atoms with van der Waals surface area (Å²) in [6.07, 6.45) is 0. The van der Waals surface area contributed by atoms with E-state index in [1.54, 1.807) is 0 Å². The van der Waals surface area contributed by atoms with E-state index in [9.17, 15) is 9.50 Å². The van der Waals surface area contributed by atoms with Crippen molar-refractivity contribution in [1.29, 1.82) is 0 Å². The molecule has 0 amide bonds. The van der Waals surface area contributed by atoms with Crippen LogP contribution in [0.2, 0.25) is 0 Å². The van der Waals surface area contributed by atoms with Crippen molar-refractivity contribution < 1.29 is 14.2 Å². The van der Waals surface area contributed by atoms with Gasteiger partial charge >= 0.3 is 0 Å². The van der Waals surface area contributed by atoms with Gasteiger partial charge in [0.2, 0.25) is 0 Å². The molecular formula is C13H18FNO2. The monoisotopic (exact) mass is 239 g/mol. The zero-order valence-corrected chi connectivity index (χ0v) is 10.2. The fourth-order valence-electron chi connectivity index (χ4n) is 2.07. The first-order valence-corrected chi connectivity index (χ1v) is 5.79. The van der Waals surface area contributed by atoms with Gasteiger partial charge in [-0.3, -0.25) is 4.90 Å². The highest BCUT2D eigenvalue weighted by Crippen LogP contribution is 2.25. The molecule has 0 aromatic heterocycles. The molecule has 4 heteroatoms. The van der Waals surface area contributed by atoms with E-state index in [4.69, 9.17) is 4.74 Å². The van der Waals surface area contributed by atoms with Gasteiger partial charge in [0.05, 0.1) is 13.2 Å². The van der Waals surface area contributed by atoms with Crippen molar-refractivity contribution in [1.82, 2.24) is 4.90 Å². The van der Waals surface area contributed by atoms with E-state index in [2.05, 4.69) is 18.7 Å². The Hall–Kier alpha value is -1.13. The smallest absolute Gasteiger partial charge is 0.123 e. The molecule has 1 heterocycles. The van der Waals surface area contributed by atoms with E-state index in [0.29, 0.717) is 25.3 Å². The van der Waals surface area contributed by atoms with Gasteiger partial charge in [-0.2, -0.15) is 0 Å². The van der Waals surface area contributed by atoms with Crippen molar-refractivity contribution in [3.63, 3.8) is 0 Å². The molecule has 17 heavy (non-hydrogen) atoms. The lowest BCUT2D eigenvalue weighted by atomic mass is 10.0. The van der Waals surface area contributed by atoms with E-state index in [0.717, 1.165) is 6.54 Å². The first-order chi connectivity index (χ1) is 7.99. The van der Waals surface area contributed by atoms with Crippen LogP contribution in [0.5, 0.6) is 5.75 Å². The number of rotatable bonds is 2. The molecule has 1 aliphatic heterocycles. The predicted octanol–water partition coefficient (Wildman–Crippen LogP) is 2.14. The largest absolute Gasteiger partial charge is 0.508 e. The molecule has 0 saturated carbocycles. The molecule has 0 aliphatic carbocycles. The number of ether oxygens (including phenoxy) is 1. The molecule has 0 atom stereocenters. The second-order valence-corrected chi connectivity index (χ2v) is 5.06. The second kappa shape index (κ2) is 4.63. The van der Waals surface area contributed by atoms with E-state index in [-0.39, 0.29) is 17.1 Å². The molecule has 0 bridgehead atoms.